The van der Waals surface area contributed by atoms with Gasteiger partial charge in [0.05, 0.1) is 37.6 Å². The molecule has 10 heteroatoms. The van der Waals surface area contributed by atoms with Crippen LogP contribution in [-0.2, 0) is 20.9 Å². The Labute approximate surface area is 218 Å². The van der Waals surface area contributed by atoms with E-state index in [1.807, 2.05) is 36.4 Å². The molecule has 38 heavy (non-hydrogen) atoms. The van der Waals surface area contributed by atoms with Crippen LogP contribution in [0.4, 0.5) is 10.5 Å². The molecule has 2 saturated heterocycles. The van der Waals surface area contributed by atoms with E-state index >= 15 is 0 Å². The maximum Gasteiger partial charge on any atom is 0.328 e. The maximum atomic E-state index is 13.9. The average molecular weight is 516 g/mol. The van der Waals surface area contributed by atoms with Gasteiger partial charge in [-0.2, -0.15) is 0 Å². The minimum atomic E-state index is -0.996. The van der Waals surface area contributed by atoms with E-state index in [0.717, 1.165) is 5.56 Å². The number of rotatable bonds is 7. The molecule has 3 amide bonds. The molecule has 0 N–H and O–H groups in total. The standard InChI is InChI=1S/C28H25N3O7/c1-37-21-14-13-19(15-20(21)31(35)36)24-23(27(33)38-2)22(18-11-7-4-8-12-18)25-26(32)29(28(34)30(24)25)16-17-9-5-3-6-10-17/h3-15,22-25H,16H2,1-2H3. The number of methoxy groups -OCH3 is 2. The fourth-order valence-electron chi connectivity index (χ4n) is 5.61. The number of nitro groups is 1. The molecule has 0 bridgehead atoms. The molecule has 4 unspecified atom stereocenters. The van der Waals surface area contributed by atoms with E-state index in [-0.39, 0.29) is 18.0 Å². The lowest BCUT2D eigenvalue weighted by atomic mass is 9.79. The Morgan fingerprint density at radius 3 is 2.18 bits per heavy atom. The number of imide groups is 1. The normalized spacial score (nSPS) is 22.4. The molecular formula is C28H25N3O7. The van der Waals surface area contributed by atoms with Crippen molar-refractivity contribution in [2.75, 3.05) is 14.2 Å². The number of hydrogen-bond acceptors (Lipinski definition) is 7. The highest BCUT2D eigenvalue weighted by Crippen LogP contribution is 2.54. The fourth-order valence-corrected chi connectivity index (χ4v) is 5.61. The number of benzene rings is 3. The number of amides is 3. The number of ether oxygens (including phenoxy) is 2. The van der Waals surface area contributed by atoms with Crippen LogP contribution in [0.15, 0.2) is 78.9 Å². The van der Waals surface area contributed by atoms with Gasteiger partial charge in [-0.3, -0.25) is 24.6 Å². The van der Waals surface area contributed by atoms with Crippen LogP contribution in [0.5, 0.6) is 5.75 Å². The Hall–Kier alpha value is -4.73. The van der Waals surface area contributed by atoms with Crippen LogP contribution < -0.4 is 4.74 Å². The summed E-state index contributed by atoms with van der Waals surface area (Å²) in [4.78, 5) is 54.8. The van der Waals surface area contributed by atoms with Crippen molar-refractivity contribution in [3.05, 3.63) is 106 Å². The molecule has 0 spiro atoms. The third-order valence-electron chi connectivity index (χ3n) is 7.22. The lowest BCUT2D eigenvalue weighted by Gasteiger charge is -2.28. The zero-order valence-corrected chi connectivity index (χ0v) is 20.7. The molecule has 5 rings (SSSR count). The van der Waals surface area contributed by atoms with Gasteiger partial charge >= 0.3 is 17.7 Å². The Kier molecular flexibility index (Phi) is 6.54. The van der Waals surface area contributed by atoms with Gasteiger partial charge in [0.2, 0.25) is 0 Å². The first-order chi connectivity index (χ1) is 18.4. The van der Waals surface area contributed by atoms with E-state index in [0.29, 0.717) is 11.1 Å². The van der Waals surface area contributed by atoms with Crippen LogP contribution in [0.1, 0.15) is 28.7 Å². The van der Waals surface area contributed by atoms with E-state index < -0.39 is 46.8 Å². The molecule has 2 aliphatic rings. The molecule has 2 fully saturated rings. The summed E-state index contributed by atoms with van der Waals surface area (Å²) in [5.74, 6) is -2.73. The first-order valence-electron chi connectivity index (χ1n) is 12.0. The van der Waals surface area contributed by atoms with Gasteiger partial charge in [0.15, 0.2) is 5.75 Å². The molecule has 0 radical (unpaired) electrons. The lowest BCUT2D eigenvalue weighted by Crippen LogP contribution is -2.38. The van der Waals surface area contributed by atoms with E-state index in [4.69, 9.17) is 9.47 Å². The molecule has 194 valence electrons. The van der Waals surface area contributed by atoms with Crippen LogP contribution in [0.3, 0.4) is 0 Å². The van der Waals surface area contributed by atoms with Gasteiger partial charge in [0.25, 0.3) is 5.91 Å². The smallest absolute Gasteiger partial charge is 0.328 e. The molecule has 0 aliphatic carbocycles. The summed E-state index contributed by atoms with van der Waals surface area (Å²) in [6.45, 7) is 0.0609. The molecule has 3 aromatic carbocycles. The first kappa shape index (κ1) is 24.9. The van der Waals surface area contributed by atoms with Crippen molar-refractivity contribution in [1.82, 2.24) is 9.80 Å². The SMILES string of the molecule is COC(=O)C1C(c2ccccc2)C2C(=O)N(Cc3ccccc3)C(=O)N2C1c1ccc(OC)c([N+](=O)[O-])c1. The number of urea groups is 1. The largest absolute Gasteiger partial charge is 0.490 e. The summed E-state index contributed by atoms with van der Waals surface area (Å²) >= 11 is 0. The molecule has 0 aromatic heterocycles. The second kappa shape index (κ2) is 9.97. The highest BCUT2D eigenvalue weighted by atomic mass is 16.6. The van der Waals surface area contributed by atoms with Crippen molar-refractivity contribution in [1.29, 1.82) is 0 Å². The molecule has 0 saturated carbocycles. The Bertz CT molecular complexity index is 1400. The maximum absolute atomic E-state index is 13.9. The molecule has 2 heterocycles. The van der Waals surface area contributed by atoms with Gasteiger partial charge in [-0.25, -0.2) is 4.79 Å². The fraction of sp³-hybridized carbons (Fsp3) is 0.250. The predicted molar refractivity (Wildman–Crippen MR) is 135 cm³/mol. The van der Waals surface area contributed by atoms with Gasteiger partial charge in [-0.15, -0.1) is 0 Å². The summed E-state index contributed by atoms with van der Waals surface area (Å²) in [6, 6.07) is 19.9. The number of hydrogen-bond donors (Lipinski definition) is 0. The van der Waals surface area contributed by atoms with Crippen LogP contribution >= 0.6 is 0 Å². The minimum Gasteiger partial charge on any atom is -0.490 e. The zero-order chi connectivity index (χ0) is 27.0. The quantitative estimate of drug-likeness (QED) is 0.201. The van der Waals surface area contributed by atoms with Crippen LogP contribution in [0.25, 0.3) is 0 Å². The van der Waals surface area contributed by atoms with Gasteiger partial charge in [-0.05, 0) is 22.8 Å². The number of esters is 1. The van der Waals surface area contributed by atoms with Gasteiger partial charge in [0, 0.05) is 12.0 Å². The Balaban J connectivity index is 1.68. The summed E-state index contributed by atoms with van der Waals surface area (Å²) < 4.78 is 10.3. The average Bonchev–Trinajstić information content (AvgIpc) is 3.42. The van der Waals surface area contributed by atoms with Crippen molar-refractivity contribution < 1.29 is 28.8 Å². The number of nitrogens with zero attached hydrogens (tertiary/aromatic N) is 3. The second-order valence-electron chi connectivity index (χ2n) is 9.16. The predicted octanol–water partition coefficient (Wildman–Crippen LogP) is 4.06. The van der Waals surface area contributed by atoms with Crippen LogP contribution in [0.2, 0.25) is 0 Å². The van der Waals surface area contributed by atoms with E-state index in [1.54, 1.807) is 30.3 Å². The van der Waals surface area contributed by atoms with Crippen LogP contribution in [0, 0.1) is 16.0 Å². The highest BCUT2D eigenvalue weighted by Gasteiger charge is 2.63. The molecule has 3 aromatic rings. The molecule has 10 nitrogen and oxygen atoms in total. The number of carbonyl (C=O) groups excluding carboxylic acids is 3. The van der Waals surface area contributed by atoms with Gasteiger partial charge in [-0.1, -0.05) is 66.7 Å². The third kappa shape index (κ3) is 4.03. The van der Waals surface area contributed by atoms with Crippen molar-refractivity contribution in [3.8, 4) is 5.75 Å². The monoisotopic (exact) mass is 515 g/mol. The van der Waals surface area contributed by atoms with Crippen molar-refractivity contribution >= 4 is 23.6 Å². The van der Waals surface area contributed by atoms with Gasteiger partial charge < -0.3 is 14.4 Å². The highest BCUT2D eigenvalue weighted by molar-refractivity contribution is 6.06. The summed E-state index contributed by atoms with van der Waals surface area (Å²) in [7, 11) is 2.56. The summed E-state index contributed by atoms with van der Waals surface area (Å²) in [5.41, 5.74) is 1.48. The van der Waals surface area contributed by atoms with Crippen LogP contribution in [-0.4, -0.2) is 52.9 Å². The Morgan fingerprint density at radius 2 is 1.58 bits per heavy atom. The first-order valence-corrected chi connectivity index (χ1v) is 12.0. The minimum absolute atomic E-state index is 0.0389. The summed E-state index contributed by atoms with van der Waals surface area (Å²) in [5, 5.41) is 11.8. The van der Waals surface area contributed by atoms with E-state index in [2.05, 4.69) is 0 Å². The zero-order valence-electron chi connectivity index (χ0n) is 20.7. The van der Waals surface area contributed by atoms with Crippen molar-refractivity contribution in [2.45, 2.75) is 24.5 Å². The number of nitro benzene ring substituents is 1. The molecule has 4 atom stereocenters. The van der Waals surface area contributed by atoms with E-state index in [9.17, 15) is 24.5 Å². The van der Waals surface area contributed by atoms with Crippen molar-refractivity contribution in [3.63, 3.8) is 0 Å². The van der Waals surface area contributed by atoms with Gasteiger partial charge in [0.1, 0.15) is 6.04 Å². The number of fused-ring (bicyclic) bond motifs is 1. The summed E-state index contributed by atoms with van der Waals surface area (Å²) in [6.07, 6.45) is 0. The Morgan fingerprint density at radius 1 is 0.921 bits per heavy atom. The number of carbonyl (C=O) groups is 3. The third-order valence-corrected chi connectivity index (χ3v) is 7.22. The molecule has 2 aliphatic heterocycles. The van der Waals surface area contributed by atoms with Crippen molar-refractivity contribution in [2.24, 2.45) is 5.92 Å². The topological polar surface area (TPSA) is 119 Å². The lowest BCUT2D eigenvalue weighted by molar-refractivity contribution is -0.385. The van der Waals surface area contributed by atoms with E-state index in [1.165, 1.54) is 36.2 Å². The second-order valence-corrected chi connectivity index (χ2v) is 9.16. The molecular weight excluding hydrogens is 490 g/mol.